The Hall–Kier alpha value is -5.63. The zero-order valence-electron chi connectivity index (χ0n) is 49.2. The van der Waals surface area contributed by atoms with Gasteiger partial charge in [0.2, 0.25) is 0 Å². The Morgan fingerprint density at radius 1 is 0.658 bits per heavy atom. The maximum atomic E-state index is 5.60. The molecule has 2 aromatic carbocycles. The molecule has 79 heavy (non-hydrogen) atoms. The Morgan fingerprint density at radius 2 is 1.20 bits per heavy atom. The molecule has 0 spiro atoms. The van der Waals surface area contributed by atoms with Crippen LogP contribution in [0, 0.1) is 19.3 Å². The summed E-state index contributed by atoms with van der Waals surface area (Å²) in [4.78, 5) is 29.0. The number of allylic oxidation sites excluding steroid dienone is 5. The van der Waals surface area contributed by atoms with E-state index >= 15 is 0 Å². The molecule has 0 saturated heterocycles. The Morgan fingerprint density at radius 3 is 1.78 bits per heavy atom. The van der Waals surface area contributed by atoms with E-state index in [4.69, 9.17) is 25.4 Å². The molecule has 0 saturated carbocycles. The van der Waals surface area contributed by atoms with Gasteiger partial charge in [0.15, 0.2) is 0 Å². The molecule has 1 N–H and O–H groups in total. The van der Waals surface area contributed by atoms with Crippen molar-refractivity contribution in [1.82, 2.24) is 24.6 Å². The number of amidine groups is 7. The van der Waals surface area contributed by atoms with E-state index in [-0.39, 0.29) is 36.3 Å². The van der Waals surface area contributed by atoms with Gasteiger partial charge in [-0.15, -0.1) is 0 Å². The smallest absolute Gasteiger partial charge is 0.436 e. The second-order valence-corrected chi connectivity index (χ2v) is 24.9. The Bertz CT molecular complexity index is 3320. The number of aliphatic imine (C=N–C) groups is 3. The number of nitrogens with zero attached hydrogens (tertiary/aromatic N) is 14. The average Bonchev–Trinajstić information content (AvgIpc) is 4.17. The van der Waals surface area contributed by atoms with Crippen LogP contribution < -0.4 is 0 Å². The summed E-state index contributed by atoms with van der Waals surface area (Å²) in [5.74, 6) is 6.28. The fourth-order valence-electron chi connectivity index (χ4n) is 9.72. The summed E-state index contributed by atoms with van der Waals surface area (Å²) in [6.45, 7) is 4.63. The molecule has 1 aromatic heterocycles. The van der Waals surface area contributed by atoms with Crippen LogP contribution in [-0.2, 0) is 28.6 Å². The molecule has 6 bridgehead atoms. The quantitative estimate of drug-likeness (QED) is 0.0784. The molecule has 421 valence electrons. The number of hydrogen-bond acceptors (Lipinski definition) is 8. The monoisotopic (exact) mass is 1190 g/mol. The van der Waals surface area contributed by atoms with Crippen molar-refractivity contribution < 1.29 is 40.1 Å². The summed E-state index contributed by atoms with van der Waals surface area (Å²) in [5, 5.41) is 17.5. The zero-order chi connectivity index (χ0) is 55.4. The molecular formula is C59H80CuN15S4+5. The van der Waals surface area contributed by atoms with E-state index in [9.17, 15) is 0 Å². The van der Waals surface area contributed by atoms with Gasteiger partial charge in [-0.2, -0.15) is 4.68 Å². The first-order chi connectivity index (χ1) is 36.6. The number of H-pyrrole nitrogens is 1. The summed E-state index contributed by atoms with van der Waals surface area (Å²) in [7, 11) is 33.4. The molecule has 0 amide bonds. The van der Waals surface area contributed by atoms with Crippen LogP contribution in [0.5, 0.6) is 0 Å². The molecule has 1 aliphatic carbocycles. The zero-order valence-corrected chi connectivity index (χ0v) is 53.4. The maximum Gasteiger partial charge on any atom is 2.00 e. The van der Waals surface area contributed by atoms with Crippen molar-refractivity contribution in [2.75, 3.05) is 124 Å². The van der Waals surface area contributed by atoms with Crippen molar-refractivity contribution in [3.63, 3.8) is 0 Å². The van der Waals surface area contributed by atoms with Crippen LogP contribution in [0.25, 0.3) is 16.1 Å². The Labute approximate surface area is 497 Å². The van der Waals surface area contributed by atoms with Gasteiger partial charge in [-0.3, -0.25) is 43.0 Å². The van der Waals surface area contributed by atoms with Gasteiger partial charge in [0.05, 0.1) is 129 Å². The molecule has 4 aliphatic heterocycles. The minimum absolute atomic E-state index is 0. The molecule has 8 rings (SSSR count). The van der Waals surface area contributed by atoms with E-state index in [1.807, 2.05) is 34.3 Å². The number of hydrazone groups is 1. The number of fused-ring (bicyclic) bond motifs is 14. The van der Waals surface area contributed by atoms with Gasteiger partial charge in [0, 0.05) is 45.8 Å². The average molecular weight is 1190 g/mol. The van der Waals surface area contributed by atoms with E-state index in [0.717, 1.165) is 72.9 Å². The fourth-order valence-corrected chi connectivity index (χ4v) is 13.7. The predicted octanol–water partition coefficient (Wildman–Crippen LogP) is 9.07. The van der Waals surface area contributed by atoms with Crippen LogP contribution in [0.1, 0.15) is 28.7 Å². The number of nitrogens with one attached hydrogen (secondary N) is 1. The second kappa shape index (κ2) is 27.2. The van der Waals surface area contributed by atoms with Crippen molar-refractivity contribution in [1.29, 1.82) is 0 Å². The van der Waals surface area contributed by atoms with Crippen molar-refractivity contribution in [3.05, 3.63) is 143 Å². The standard InChI is InChI=1S/C58H76N15S4.CH3.Cu/c1-37-18-19-38(33-74-55(65(2)3)66(4)5)20-24-43-31-49-45-26-22-40(35-76-57(69(10)11)70(12)13)29-47(45)52(60-49)61-51-46-27-23-41(36-77-58(71(14)15)72(16)17)30-48(46)53(62-51)63-54-44-25-21-39(34-75-56(67(6)7)68(8)9)28-42(44)32-73(54)64-50(37)59-43;;/h18-23,25-32,45,47H,1,24,33-36H2,2-17H3;1H3;/q+3;-1;+2/p+1/b19-18-,38-20+;;. The van der Waals surface area contributed by atoms with Crippen molar-refractivity contribution in [3.8, 4) is 0 Å². The van der Waals surface area contributed by atoms with E-state index < -0.39 is 0 Å². The van der Waals surface area contributed by atoms with Crippen LogP contribution in [0.2, 0.25) is 0 Å². The first-order valence-corrected chi connectivity index (χ1v) is 29.6. The molecule has 2 unspecified atom stereocenters. The van der Waals surface area contributed by atoms with Crippen LogP contribution >= 0.6 is 47.0 Å². The number of aromatic amines is 1. The predicted molar refractivity (Wildman–Crippen MR) is 342 cm³/mol. The summed E-state index contributed by atoms with van der Waals surface area (Å²) in [5.41, 5.74) is 9.16. The minimum Gasteiger partial charge on any atom is -0.436 e. The molecule has 5 aliphatic rings. The first kappa shape index (κ1) is 62.6. The number of thioether (sulfide) groups is 4. The van der Waals surface area contributed by atoms with E-state index in [0.29, 0.717) is 35.3 Å². The normalized spacial score (nSPS) is 20.6. The summed E-state index contributed by atoms with van der Waals surface area (Å²) >= 11 is 7.24. The van der Waals surface area contributed by atoms with Gasteiger partial charge in [-0.05, 0) is 116 Å². The van der Waals surface area contributed by atoms with E-state index in [1.165, 1.54) is 32.2 Å². The maximum absolute atomic E-state index is 5.60. The molecule has 15 nitrogen and oxygen atoms in total. The summed E-state index contributed by atoms with van der Waals surface area (Å²) < 4.78 is 10.5. The fraction of sp³-hybridized carbons (Fsp3) is 0.390. The molecule has 2 atom stereocenters. The molecule has 1 radical (unpaired) electrons. The van der Waals surface area contributed by atoms with E-state index in [1.54, 1.807) is 23.5 Å². The van der Waals surface area contributed by atoms with E-state index in [2.05, 4.69) is 241 Å². The topological polar surface area (TPSA) is 107 Å². The first-order valence-electron chi connectivity index (χ1n) is 25.7. The second-order valence-electron chi connectivity index (χ2n) is 21.1. The molecule has 5 heterocycles. The third kappa shape index (κ3) is 14.8. The number of aromatic nitrogens is 1. The Balaban J connectivity index is 0.00000504. The van der Waals surface area contributed by atoms with Crippen molar-refractivity contribution >= 4 is 120 Å². The molecular weight excluding hydrogens is 1110 g/mol. The third-order valence-electron chi connectivity index (χ3n) is 12.9. The molecule has 3 aromatic rings. The van der Waals surface area contributed by atoms with Crippen LogP contribution in [0.3, 0.4) is 0 Å². The number of rotatable bonds is 8. The summed E-state index contributed by atoms with van der Waals surface area (Å²) in [6.07, 6.45) is 18.2. The van der Waals surface area contributed by atoms with Crippen molar-refractivity contribution in [2.24, 2.45) is 31.9 Å². The van der Waals surface area contributed by atoms with Crippen LogP contribution in [-0.4, -0.2) is 222 Å². The number of hydrogen-bond donors (Lipinski definition) is 1. The number of benzene rings is 2. The van der Waals surface area contributed by atoms with Gasteiger partial charge in [0.25, 0.3) is 5.82 Å². The van der Waals surface area contributed by atoms with Crippen LogP contribution in [0.4, 0.5) is 11.6 Å². The molecule has 0 fully saturated rings. The van der Waals surface area contributed by atoms with Gasteiger partial charge < -0.3 is 17.7 Å². The van der Waals surface area contributed by atoms with Gasteiger partial charge >= 0.3 is 43.6 Å². The summed E-state index contributed by atoms with van der Waals surface area (Å²) in [6, 6.07) is 13.3. The van der Waals surface area contributed by atoms with Crippen LogP contribution in [0.15, 0.2) is 128 Å². The van der Waals surface area contributed by atoms with Crippen molar-refractivity contribution in [2.45, 2.75) is 17.9 Å². The largest absolute Gasteiger partial charge is 2.00 e. The molecule has 20 heteroatoms. The Kier molecular flexibility index (Phi) is 21.6. The SMILES string of the molecule is C=C1/C=C\C(CSC(N(C)C)=[N+](C)C)=C/C/C2=C/C3=NC(=N\c4[nH]c(c5cc(CSC(N(C)C)=[N+](C)C)ccc45)/N=C4/c5ccc(CSC(N(C)C)=[N+](C)C)cc5C=[N+]4/N=C/1[N-]2)/C1C=C(CSC(N(C)C)=[N+](C)C)C=CC31.[CH3-].[Cu+2]. The third-order valence-corrected chi connectivity index (χ3v) is 18.8. The van der Waals surface area contributed by atoms with Gasteiger partial charge in [-0.1, -0.05) is 66.9 Å². The van der Waals surface area contributed by atoms with Gasteiger partial charge in [-0.25, -0.2) is 9.98 Å². The van der Waals surface area contributed by atoms with Gasteiger partial charge in [0.1, 0.15) is 17.9 Å². The minimum atomic E-state index is -0.106.